The molecule has 0 aliphatic heterocycles. The van der Waals surface area contributed by atoms with Gasteiger partial charge in [-0.1, -0.05) is 37.6 Å². The molecule has 6 heteroatoms. The van der Waals surface area contributed by atoms with Crippen molar-refractivity contribution in [1.82, 2.24) is 9.97 Å². The third-order valence-corrected chi connectivity index (χ3v) is 5.06. The van der Waals surface area contributed by atoms with Gasteiger partial charge in [0.25, 0.3) is 0 Å². The van der Waals surface area contributed by atoms with Crippen LogP contribution >= 0.6 is 11.6 Å². The quantitative estimate of drug-likeness (QED) is 0.810. The van der Waals surface area contributed by atoms with E-state index >= 15 is 0 Å². The molecule has 1 saturated carbocycles. The highest BCUT2D eigenvalue weighted by Crippen LogP contribution is 2.41. The van der Waals surface area contributed by atoms with Crippen molar-refractivity contribution in [1.29, 1.82) is 5.26 Å². The number of benzene rings is 1. The lowest BCUT2D eigenvalue weighted by atomic mass is 9.67. The second kappa shape index (κ2) is 7.28. The highest BCUT2D eigenvalue weighted by atomic mass is 35.5. The molecule has 25 heavy (non-hydrogen) atoms. The standard InChI is InChI=1S/C19H22ClN5/c1-19(2)8-6-16(19)24-17-14(11-21)12-23-18(25-17)22-9-7-13-4-3-5-15(20)10-13/h3-5,10,12,16H,6-9H2,1-2H3,(H2,22,23,24,25). The van der Waals surface area contributed by atoms with Crippen LogP contribution in [0.3, 0.4) is 0 Å². The number of hydrogen-bond donors (Lipinski definition) is 2. The summed E-state index contributed by atoms with van der Waals surface area (Å²) in [5, 5.41) is 16.7. The summed E-state index contributed by atoms with van der Waals surface area (Å²) in [4.78, 5) is 8.73. The lowest BCUT2D eigenvalue weighted by Gasteiger charge is -2.45. The van der Waals surface area contributed by atoms with E-state index in [2.05, 4.69) is 40.5 Å². The fraction of sp³-hybridized carbons (Fsp3) is 0.421. The normalized spacial score (nSPS) is 18.1. The van der Waals surface area contributed by atoms with Crippen molar-refractivity contribution >= 4 is 23.4 Å². The summed E-state index contributed by atoms with van der Waals surface area (Å²) >= 11 is 6.00. The minimum Gasteiger partial charge on any atom is -0.366 e. The summed E-state index contributed by atoms with van der Waals surface area (Å²) in [5.41, 5.74) is 1.86. The van der Waals surface area contributed by atoms with E-state index in [0.29, 0.717) is 29.9 Å². The zero-order valence-electron chi connectivity index (χ0n) is 14.5. The van der Waals surface area contributed by atoms with Gasteiger partial charge in [0.2, 0.25) is 5.95 Å². The minimum absolute atomic E-state index is 0.234. The summed E-state index contributed by atoms with van der Waals surface area (Å²) in [7, 11) is 0. The molecule has 0 saturated heterocycles. The van der Waals surface area contributed by atoms with Gasteiger partial charge >= 0.3 is 0 Å². The monoisotopic (exact) mass is 355 g/mol. The van der Waals surface area contributed by atoms with E-state index in [1.54, 1.807) is 6.20 Å². The second-order valence-corrected chi connectivity index (χ2v) is 7.54. The van der Waals surface area contributed by atoms with Gasteiger partial charge in [-0.3, -0.25) is 0 Å². The molecule has 0 spiro atoms. The van der Waals surface area contributed by atoms with Gasteiger partial charge in [-0.05, 0) is 42.4 Å². The van der Waals surface area contributed by atoms with Gasteiger partial charge in [0.05, 0.1) is 6.20 Å². The first-order valence-electron chi connectivity index (χ1n) is 8.50. The van der Waals surface area contributed by atoms with E-state index in [9.17, 15) is 5.26 Å². The van der Waals surface area contributed by atoms with Gasteiger partial charge < -0.3 is 10.6 Å². The Morgan fingerprint density at radius 1 is 1.40 bits per heavy atom. The zero-order valence-corrected chi connectivity index (χ0v) is 15.3. The smallest absolute Gasteiger partial charge is 0.224 e. The van der Waals surface area contributed by atoms with Crippen LogP contribution in [0.1, 0.15) is 37.8 Å². The molecule has 1 aliphatic rings. The van der Waals surface area contributed by atoms with Gasteiger partial charge in [0.1, 0.15) is 17.5 Å². The van der Waals surface area contributed by atoms with Crippen LogP contribution in [-0.2, 0) is 6.42 Å². The molecule has 0 amide bonds. The Labute approximate surface area is 153 Å². The maximum absolute atomic E-state index is 9.29. The number of anilines is 2. The van der Waals surface area contributed by atoms with Crippen molar-refractivity contribution in [2.24, 2.45) is 5.41 Å². The average Bonchev–Trinajstić information content (AvgIpc) is 2.59. The Kier molecular flexibility index (Phi) is 5.10. The summed E-state index contributed by atoms with van der Waals surface area (Å²) < 4.78 is 0. The zero-order chi connectivity index (χ0) is 17.9. The summed E-state index contributed by atoms with van der Waals surface area (Å²) in [5.74, 6) is 1.14. The molecule has 3 rings (SSSR count). The van der Waals surface area contributed by atoms with Gasteiger partial charge in [0, 0.05) is 17.6 Å². The molecule has 1 aromatic heterocycles. The maximum Gasteiger partial charge on any atom is 0.224 e. The second-order valence-electron chi connectivity index (χ2n) is 7.10. The third-order valence-electron chi connectivity index (χ3n) is 4.83. The van der Waals surface area contributed by atoms with Gasteiger partial charge in [-0.15, -0.1) is 0 Å². The molecule has 1 aromatic carbocycles. The maximum atomic E-state index is 9.29. The molecule has 0 bridgehead atoms. The van der Waals surface area contributed by atoms with Gasteiger partial charge in [-0.25, -0.2) is 4.98 Å². The number of nitriles is 1. The molecule has 5 nitrogen and oxygen atoms in total. The van der Waals surface area contributed by atoms with Crippen LogP contribution in [-0.4, -0.2) is 22.6 Å². The van der Waals surface area contributed by atoms with Crippen LogP contribution in [0.4, 0.5) is 11.8 Å². The Hall–Kier alpha value is -2.32. The first kappa shape index (κ1) is 17.5. The van der Waals surface area contributed by atoms with Crippen LogP contribution in [0.5, 0.6) is 0 Å². The number of hydrogen-bond acceptors (Lipinski definition) is 5. The lowest BCUT2D eigenvalue weighted by molar-refractivity contribution is 0.159. The predicted molar refractivity (Wildman–Crippen MR) is 101 cm³/mol. The highest BCUT2D eigenvalue weighted by molar-refractivity contribution is 6.30. The van der Waals surface area contributed by atoms with E-state index in [1.807, 2.05) is 24.3 Å². The largest absolute Gasteiger partial charge is 0.366 e. The molecule has 2 N–H and O–H groups in total. The molecule has 1 aliphatic carbocycles. The number of aromatic nitrogens is 2. The Morgan fingerprint density at radius 2 is 2.24 bits per heavy atom. The van der Waals surface area contributed by atoms with Gasteiger partial charge in [0.15, 0.2) is 0 Å². The highest BCUT2D eigenvalue weighted by Gasteiger charge is 2.38. The first-order chi connectivity index (χ1) is 12.0. The Bertz CT molecular complexity index is 797. The van der Waals surface area contributed by atoms with Crippen molar-refractivity contribution in [3.05, 3.63) is 46.6 Å². The van der Waals surface area contributed by atoms with E-state index in [0.717, 1.165) is 23.4 Å². The molecule has 0 radical (unpaired) electrons. The average molecular weight is 356 g/mol. The number of rotatable bonds is 6. The molecule has 1 fully saturated rings. The predicted octanol–water partition coefficient (Wildman–Crippen LogP) is 4.26. The van der Waals surface area contributed by atoms with Crippen LogP contribution < -0.4 is 10.6 Å². The molecule has 1 unspecified atom stereocenters. The molecular formula is C19H22ClN5. The van der Waals surface area contributed by atoms with E-state index in [-0.39, 0.29) is 5.41 Å². The molecule has 130 valence electrons. The van der Waals surface area contributed by atoms with Crippen molar-refractivity contribution < 1.29 is 0 Å². The SMILES string of the molecule is CC1(C)CCC1Nc1nc(NCCc2cccc(Cl)c2)ncc1C#N. The number of halogens is 1. The fourth-order valence-electron chi connectivity index (χ4n) is 2.97. The molecule has 1 heterocycles. The first-order valence-corrected chi connectivity index (χ1v) is 8.88. The summed E-state index contributed by atoms with van der Waals surface area (Å²) in [6.45, 7) is 5.15. The van der Waals surface area contributed by atoms with E-state index in [4.69, 9.17) is 11.6 Å². The van der Waals surface area contributed by atoms with Crippen LogP contribution in [0.15, 0.2) is 30.5 Å². The minimum atomic E-state index is 0.234. The van der Waals surface area contributed by atoms with Crippen LogP contribution in [0.2, 0.25) is 5.02 Å². The van der Waals surface area contributed by atoms with Crippen LogP contribution in [0.25, 0.3) is 0 Å². The fourth-order valence-corrected chi connectivity index (χ4v) is 3.18. The van der Waals surface area contributed by atoms with Gasteiger partial charge in [-0.2, -0.15) is 10.2 Å². The Balaban J connectivity index is 1.64. The number of nitrogens with one attached hydrogen (secondary N) is 2. The van der Waals surface area contributed by atoms with E-state index < -0.39 is 0 Å². The van der Waals surface area contributed by atoms with Crippen molar-refractivity contribution in [2.75, 3.05) is 17.2 Å². The third kappa shape index (κ3) is 4.21. The van der Waals surface area contributed by atoms with Crippen LogP contribution in [0, 0.1) is 16.7 Å². The lowest BCUT2D eigenvalue weighted by Crippen LogP contribution is -2.45. The molecule has 1 atom stereocenters. The number of nitrogens with zero attached hydrogens (tertiary/aromatic N) is 3. The molecular weight excluding hydrogens is 334 g/mol. The summed E-state index contributed by atoms with van der Waals surface area (Å²) in [6.07, 6.45) is 4.67. The van der Waals surface area contributed by atoms with E-state index in [1.165, 1.54) is 6.42 Å². The van der Waals surface area contributed by atoms with Crippen molar-refractivity contribution in [3.63, 3.8) is 0 Å². The molecule has 2 aromatic rings. The van der Waals surface area contributed by atoms with Crippen molar-refractivity contribution in [3.8, 4) is 6.07 Å². The summed E-state index contributed by atoms with van der Waals surface area (Å²) in [6, 6.07) is 10.3. The Morgan fingerprint density at radius 3 is 2.88 bits per heavy atom. The topological polar surface area (TPSA) is 73.6 Å². The van der Waals surface area contributed by atoms with Crippen molar-refractivity contribution in [2.45, 2.75) is 39.2 Å².